The van der Waals surface area contributed by atoms with Crippen LogP contribution in [0.5, 0.6) is 11.5 Å². The van der Waals surface area contributed by atoms with Crippen molar-refractivity contribution in [2.24, 2.45) is 0 Å². The number of carbonyl (C=O) groups excluding carboxylic acids is 2. The third kappa shape index (κ3) is 4.05. The van der Waals surface area contributed by atoms with Gasteiger partial charge in [0.1, 0.15) is 17.3 Å². The Morgan fingerprint density at radius 1 is 0.857 bits per heavy atom. The lowest BCUT2D eigenvalue weighted by Crippen LogP contribution is -2.30. The fourth-order valence-electron chi connectivity index (χ4n) is 4.89. The van der Waals surface area contributed by atoms with Gasteiger partial charge in [-0.1, -0.05) is 42.0 Å². The molecule has 180 valence electrons. The number of ether oxygens (including phenoxy) is 2. The second kappa shape index (κ2) is 9.29. The van der Waals surface area contributed by atoms with Crippen molar-refractivity contribution in [1.29, 1.82) is 0 Å². The molecular weight excluding hydrogens is 442 g/mol. The molecule has 1 unspecified atom stereocenters. The molecule has 1 heterocycles. The Kier molecular flexibility index (Phi) is 6.39. The number of carbonyl (C=O) groups is 2. The quantitative estimate of drug-likeness (QED) is 0.299. The minimum absolute atomic E-state index is 0.0113. The van der Waals surface area contributed by atoms with Crippen molar-refractivity contribution in [2.75, 3.05) is 19.1 Å². The zero-order valence-corrected chi connectivity index (χ0v) is 20.8. The van der Waals surface area contributed by atoms with Crippen LogP contribution in [0.3, 0.4) is 0 Å². The Morgan fingerprint density at radius 3 is 2.20 bits per heavy atom. The number of Topliss-reactive ketones (excluding diaryl/α,β-unsaturated/α-hetero) is 1. The number of benzene rings is 3. The summed E-state index contributed by atoms with van der Waals surface area (Å²) in [5, 5.41) is 11.6. The van der Waals surface area contributed by atoms with Crippen LogP contribution in [0.4, 0.5) is 5.69 Å². The van der Waals surface area contributed by atoms with Gasteiger partial charge in [-0.2, -0.15) is 0 Å². The van der Waals surface area contributed by atoms with Crippen LogP contribution in [-0.2, 0) is 9.59 Å². The van der Waals surface area contributed by atoms with Gasteiger partial charge in [-0.3, -0.25) is 14.5 Å². The number of para-hydroxylation sites is 1. The monoisotopic (exact) mass is 471 g/mol. The molecule has 1 aliphatic heterocycles. The molecule has 6 heteroatoms. The highest BCUT2D eigenvalue weighted by molar-refractivity contribution is 6.52. The minimum atomic E-state index is -0.891. The lowest BCUT2D eigenvalue weighted by Gasteiger charge is -2.28. The summed E-state index contributed by atoms with van der Waals surface area (Å²) in [6.07, 6.45) is 0. The number of hydrogen-bond donors (Lipinski definition) is 1. The molecule has 0 aliphatic carbocycles. The molecule has 0 radical (unpaired) electrons. The summed E-state index contributed by atoms with van der Waals surface area (Å²) < 4.78 is 11.2. The van der Waals surface area contributed by atoms with E-state index < -0.39 is 17.7 Å². The summed E-state index contributed by atoms with van der Waals surface area (Å²) >= 11 is 0. The summed E-state index contributed by atoms with van der Waals surface area (Å²) in [5.74, 6) is -0.801. The second-order valence-corrected chi connectivity index (χ2v) is 8.86. The summed E-state index contributed by atoms with van der Waals surface area (Å²) in [4.78, 5) is 28.5. The van der Waals surface area contributed by atoms with Crippen LogP contribution in [0.15, 0.2) is 60.2 Å². The highest BCUT2D eigenvalue weighted by Gasteiger charge is 2.48. The van der Waals surface area contributed by atoms with E-state index in [0.29, 0.717) is 28.3 Å². The number of amides is 1. The van der Waals surface area contributed by atoms with Crippen molar-refractivity contribution in [1.82, 2.24) is 0 Å². The Balaban J connectivity index is 2.07. The highest BCUT2D eigenvalue weighted by atomic mass is 16.5. The normalized spacial score (nSPS) is 17.1. The van der Waals surface area contributed by atoms with Crippen molar-refractivity contribution >= 4 is 23.1 Å². The van der Waals surface area contributed by atoms with E-state index in [0.717, 1.165) is 22.3 Å². The molecule has 1 N–H and O–H groups in total. The number of rotatable bonds is 5. The third-order valence-corrected chi connectivity index (χ3v) is 6.37. The average molecular weight is 472 g/mol. The fraction of sp³-hybridized carbons (Fsp3) is 0.241. The van der Waals surface area contributed by atoms with Gasteiger partial charge in [0, 0.05) is 11.3 Å². The number of hydrogen-bond acceptors (Lipinski definition) is 5. The molecule has 35 heavy (non-hydrogen) atoms. The second-order valence-electron chi connectivity index (χ2n) is 8.86. The number of anilines is 1. The fourth-order valence-corrected chi connectivity index (χ4v) is 4.89. The molecule has 1 amide bonds. The van der Waals surface area contributed by atoms with E-state index in [1.807, 2.05) is 64.1 Å². The van der Waals surface area contributed by atoms with Gasteiger partial charge in [0.15, 0.2) is 0 Å². The summed E-state index contributed by atoms with van der Waals surface area (Å²) in [6.45, 7) is 7.63. The third-order valence-electron chi connectivity index (χ3n) is 6.37. The smallest absolute Gasteiger partial charge is 0.300 e. The lowest BCUT2D eigenvalue weighted by molar-refractivity contribution is -0.132. The average Bonchev–Trinajstić information content (AvgIpc) is 3.08. The van der Waals surface area contributed by atoms with E-state index in [9.17, 15) is 14.7 Å². The lowest BCUT2D eigenvalue weighted by atomic mass is 9.93. The molecule has 0 saturated carbocycles. The molecule has 4 rings (SSSR count). The Labute approximate surface area is 205 Å². The predicted molar refractivity (Wildman–Crippen MR) is 136 cm³/mol. The van der Waals surface area contributed by atoms with Gasteiger partial charge in [-0.25, -0.2) is 0 Å². The first kappa shape index (κ1) is 24.1. The number of methoxy groups -OCH3 is 2. The van der Waals surface area contributed by atoms with Gasteiger partial charge < -0.3 is 14.6 Å². The summed E-state index contributed by atoms with van der Waals surface area (Å²) in [7, 11) is 3.05. The van der Waals surface area contributed by atoms with E-state index in [1.165, 1.54) is 19.1 Å². The van der Waals surface area contributed by atoms with Crippen LogP contribution in [0.2, 0.25) is 0 Å². The number of aryl methyl sites for hydroxylation is 4. The molecule has 3 aromatic rings. The molecule has 0 bridgehead atoms. The van der Waals surface area contributed by atoms with E-state index >= 15 is 0 Å². The first-order valence-electron chi connectivity index (χ1n) is 11.4. The maximum absolute atomic E-state index is 13.5. The van der Waals surface area contributed by atoms with Crippen LogP contribution in [0, 0.1) is 27.7 Å². The Hall–Kier alpha value is -4.06. The van der Waals surface area contributed by atoms with Gasteiger partial charge in [0.2, 0.25) is 0 Å². The van der Waals surface area contributed by atoms with Gasteiger partial charge in [0.05, 0.1) is 31.4 Å². The minimum Gasteiger partial charge on any atom is -0.507 e. The van der Waals surface area contributed by atoms with Gasteiger partial charge in [-0.15, -0.1) is 0 Å². The van der Waals surface area contributed by atoms with E-state index in [-0.39, 0.29) is 11.3 Å². The van der Waals surface area contributed by atoms with Crippen molar-refractivity contribution in [3.05, 3.63) is 93.6 Å². The van der Waals surface area contributed by atoms with Crippen LogP contribution in [0.25, 0.3) is 5.76 Å². The van der Waals surface area contributed by atoms with Crippen LogP contribution in [0.1, 0.15) is 39.4 Å². The molecule has 0 spiro atoms. The van der Waals surface area contributed by atoms with Gasteiger partial charge in [0.25, 0.3) is 11.7 Å². The number of ketones is 1. The first-order chi connectivity index (χ1) is 16.7. The summed E-state index contributed by atoms with van der Waals surface area (Å²) in [6, 6.07) is 15.7. The maximum atomic E-state index is 13.5. The number of aliphatic hydroxyl groups excluding tert-OH is 1. The molecule has 1 atom stereocenters. The van der Waals surface area contributed by atoms with E-state index in [2.05, 4.69) is 0 Å². The molecular formula is C29H29NO5. The summed E-state index contributed by atoms with van der Waals surface area (Å²) in [5.41, 5.74) is 5.13. The van der Waals surface area contributed by atoms with Crippen molar-refractivity contribution in [2.45, 2.75) is 33.7 Å². The first-order valence-corrected chi connectivity index (χ1v) is 11.4. The molecule has 1 fully saturated rings. The van der Waals surface area contributed by atoms with E-state index in [1.54, 1.807) is 18.2 Å². The Morgan fingerprint density at radius 2 is 1.54 bits per heavy atom. The predicted octanol–water partition coefficient (Wildman–Crippen LogP) is 5.56. The maximum Gasteiger partial charge on any atom is 0.300 e. The van der Waals surface area contributed by atoms with Crippen molar-refractivity contribution in [3.63, 3.8) is 0 Å². The zero-order valence-electron chi connectivity index (χ0n) is 20.8. The number of aliphatic hydroxyl groups is 1. The largest absolute Gasteiger partial charge is 0.507 e. The van der Waals surface area contributed by atoms with E-state index in [4.69, 9.17) is 9.47 Å². The van der Waals surface area contributed by atoms with Crippen LogP contribution >= 0.6 is 0 Å². The van der Waals surface area contributed by atoms with Crippen LogP contribution in [-0.4, -0.2) is 31.0 Å². The highest BCUT2D eigenvalue weighted by Crippen LogP contribution is 2.46. The SMILES string of the molecule is COc1ccccc1C1/C(=C(\O)c2cc(C)cc(C)c2OC)C(=O)C(=O)N1c1ccc(C)cc1C. The zero-order chi connectivity index (χ0) is 25.4. The standard InChI is InChI=1S/C29H29NO5/c1-16-11-12-22(18(3)13-16)30-25(20-9-7-8-10-23(20)34-5)24(27(32)29(30)33)26(31)21-15-17(2)14-19(4)28(21)35-6/h7-15,25,31H,1-6H3/b26-24+. The Bertz CT molecular complexity index is 1370. The molecule has 6 nitrogen and oxygen atoms in total. The van der Waals surface area contributed by atoms with Crippen molar-refractivity contribution < 1.29 is 24.2 Å². The molecule has 3 aromatic carbocycles. The van der Waals surface area contributed by atoms with Gasteiger partial charge >= 0.3 is 0 Å². The van der Waals surface area contributed by atoms with Gasteiger partial charge in [-0.05, 0) is 62.6 Å². The number of nitrogens with zero attached hydrogens (tertiary/aromatic N) is 1. The topological polar surface area (TPSA) is 76.1 Å². The molecule has 1 saturated heterocycles. The van der Waals surface area contributed by atoms with Crippen molar-refractivity contribution in [3.8, 4) is 11.5 Å². The molecule has 1 aliphatic rings. The van der Waals surface area contributed by atoms with Crippen LogP contribution < -0.4 is 14.4 Å². The molecule has 0 aromatic heterocycles.